The minimum Gasteiger partial charge on any atom is -0.488 e. The fraction of sp³-hybridized carbons (Fsp3) is 0.0217. The molecule has 5 nitrogen and oxygen atoms in total. The summed E-state index contributed by atoms with van der Waals surface area (Å²) in [4.78, 5) is 15.3. The number of ether oxygens (including phenoxy) is 1. The Balaban J connectivity index is 1.15. The van der Waals surface area contributed by atoms with Crippen LogP contribution in [-0.4, -0.2) is 15.0 Å². The van der Waals surface area contributed by atoms with Crippen LogP contribution in [0, 0.1) is 0 Å². The summed E-state index contributed by atoms with van der Waals surface area (Å²) in [6.07, 6.45) is 0. The lowest BCUT2D eigenvalue weighted by Crippen LogP contribution is -2.06. The van der Waals surface area contributed by atoms with Crippen LogP contribution in [0.4, 0.5) is 0 Å². The summed E-state index contributed by atoms with van der Waals surface area (Å²) in [7, 11) is 0. The topological polar surface area (TPSA) is 61.0 Å². The van der Waals surface area contributed by atoms with Crippen LogP contribution in [0.5, 0.6) is 5.75 Å². The van der Waals surface area contributed by atoms with Gasteiger partial charge in [-0.2, -0.15) is 0 Å². The Morgan fingerprint density at radius 1 is 0.431 bits per heavy atom. The van der Waals surface area contributed by atoms with E-state index in [-0.39, 0.29) is 0 Å². The molecule has 1 aliphatic heterocycles. The summed E-state index contributed by atoms with van der Waals surface area (Å²) >= 11 is 0. The van der Waals surface area contributed by atoms with Gasteiger partial charge in [-0.05, 0) is 51.6 Å². The lowest BCUT2D eigenvalue weighted by Gasteiger charge is -2.23. The van der Waals surface area contributed by atoms with Gasteiger partial charge in [0.25, 0.3) is 0 Å². The van der Waals surface area contributed by atoms with Crippen LogP contribution in [0.2, 0.25) is 0 Å². The molecular weight excluding hydrogens is 627 g/mol. The summed E-state index contributed by atoms with van der Waals surface area (Å²) in [5.41, 5.74) is 10.2. The van der Waals surface area contributed by atoms with Crippen molar-refractivity contribution in [1.29, 1.82) is 0 Å². The van der Waals surface area contributed by atoms with Gasteiger partial charge < -0.3 is 9.15 Å². The van der Waals surface area contributed by atoms with Crippen molar-refractivity contribution in [1.82, 2.24) is 15.0 Å². The third-order valence-corrected chi connectivity index (χ3v) is 9.48. The summed E-state index contributed by atoms with van der Waals surface area (Å²) in [6, 6.07) is 54.0. The zero-order valence-electron chi connectivity index (χ0n) is 29.2. The molecule has 0 spiro atoms. The molecule has 7 aromatic carbocycles. The molecule has 0 saturated carbocycles. The maximum absolute atomic E-state index is 8.69. The fourth-order valence-corrected chi connectivity index (χ4v) is 7.06. The second-order valence-corrected chi connectivity index (χ2v) is 12.5. The SMILES string of the molecule is [2H]C1([2H])Oc2ccccc2-c2c(-c3ccc(-c4nc(-c5ccccc5-c5ccccc5)nc(-c5cccc6c5oc5ccccc56)n4)cc3)cccc21. The molecule has 0 bridgehead atoms. The van der Waals surface area contributed by atoms with Gasteiger partial charge in [0.1, 0.15) is 23.5 Å². The number of benzene rings is 7. The molecule has 0 atom stereocenters. The van der Waals surface area contributed by atoms with Crippen molar-refractivity contribution < 1.29 is 11.9 Å². The molecule has 5 heteroatoms. The molecule has 0 fully saturated rings. The Morgan fingerprint density at radius 3 is 1.88 bits per heavy atom. The van der Waals surface area contributed by atoms with Gasteiger partial charge in [-0.3, -0.25) is 0 Å². The van der Waals surface area contributed by atoms with Crippen molar-refractivity contribution in [3.63, 3.8) is 0 Å². The highest BCUT2D eigenvalue weighted by atomic mass is 16.5. The molecule has 3 heterocycles. The molecule has 9 aromatic rings. The van der Waals surface area contributed by atoms with E-state index in [9.17, 15) is 0 Å². The highest BCUT2D eigenvalue weighted by molar-refractivity contribution is 6.09. The predicted octanol–water partition coefficient (Wildman–Crippen LogP) is 11.7. The van der Waals surface area contributed by atoms with Gasteiger partial charge in [0.05, 0.1) is 8.30 Å². The highest BCUT2D eigenvalue weighted by Gasteiger charge is 2.22. The van der Waals surface area contributed by atoms with Crippen LogP contribution >= 0.6 is 0 Å². The zero-order valence-corrected chi connectivity index (χ0v) is 27.2. The van der Waals surface area contributed by atoms with Gasteiger partial charge >= 0.3 is 0 Å². The molecule has 51 heavy (non-hydrogen) atoms. The summed E-state index contributed by atoms with van der Waals surface area (Å²) in [5, 5.41) is 2.03. The molecule has 0 N–H and O–H groups in total. The molecule has 1 aliphatic rings. The minimum atomic E-state index is -1.96. The Labute approximate surface area is 297 Å². The van der Waals surface area contributed by atoms with E-state index in [2.05, 4.69) is 36.4 Å². The second kappa shape index (κ2) is 11.9. The Morgan fingerprint density at radius 2 is 1.02 bits per heavy atom. The molecule has 0 unspecified atom stereocenters. The van der Waals surface area contributed by atoms with E-state index in [1.165, 1.54) is 0 Å². The normalized spacial score (nSPS) is 13.6. The van der Waals surface area contributed by atoms with Crippen LogP contribution in [0.3, 0.4) is 0 Å². The minimum absolute atomic E-state index is 0.501. The fourth-order valence-electron chi connectivity index (χ4n) is 7.06. The Bertz CT molecular complexity index is 2850. The summed E-state index contributed by atoms with van der Waals surface area (Å²) in [5.74, 6) is 2.11. The van der Waals surface area contributed by atoms with Gasteiger partial charge in [0.2, 0.25) is 0 Å². The van der Waals surface area contributed by atoms with Crippen molar-refractivity contribution in [2.45, 2.75) is 6.56 Å². The highest BCUT2D eigenvalue weighted by Crippen LogP contribution is 2.43. The van der Waals surface area contributed by atoms with Crippen LogP contribution in [0.25, 0.3) is 89.5 Å². The molecule has 240 valence electrons. The number of aromatic nitrogens is 3. The summed E-state index contributed by atoms with van der Waals surface area (Å²) < 4.78 is 29.6. The van der Waals surface area contributed by atoms with Gasteiger partial charge in [-0.25, -0.2) is 15.0 Å². The molecule has 0 aliphatic carbocycles. The first-order chi connectivity index (χ1) is 26.0. The standard InChI is InChI=1S/C46H29N3O2/c1-2-12-29(13-3-1)33-15-4-5-17-37(33)45-47-44(48-46(49-45)39-21-11-20-36-35-16-6-9-23-41(35)51-43(36)39)31-26-24-30(25-27-31)34-19-10-14-32-28-50-40-22-8-7-18-38(40)42(32)34/h1-27H,28H2/i28D2. The van der Waals surface area contributed by atoms with Gasteiger partial charge in [-0.15, -0.1) is 0 Å². The van der Waals surface area contributed by atoms with Crippen LogP contribution in [0.15, 0.2) is 168 Å². The van der Waals surface area contributed by atoms with E-state index >= 15 is 0 Å². The van der Waals surface area contributed by atoms with Crippen molar-refractivity contribution >= 4 is 21.9 Å². The number of para-hydroxylation sites is 3. The molecule has 0 saturated heterocycles. The lowest BCUT2D eigenvalue weighted by molar-refractivity contribution is 0.302. The average molecular weight is 658 g/mol. The van der Waals surface area contributed by atoms with E-state index in [1.54, 1.807) is 6.07 Å². The first-order valence-electron chi connectivity index (χ1n) is 17.9. The van der Waals surface area contributed by atoms with Gasteiger partial charge in [0, 0.05) is 27.5 Å². The molecule has 2 aromatic heterocycles. The van der Waals surface area contributed by atoms with E-state index in [4.69, 9.17) is 26.8 Å². The number of furan rings is 1. The first-order valence-corrected chi connectivity index (χ1v) is 16.9. The maximum atomic E-state index is 8.69. The monoisotopic (exact) mass is 657 g/mol. The smallest absolute Gasteiger partial charge is 0.167 e. The quantitative estimate of drug-likeness (QED) is 0.184. The van der Waals surface area contributed by atoms with Gasteiger partial charge in [0.15, 0.2) is 17.5 Å². The number of nitrogens with zero attached hydrogens (tertiary/aromatic N) is 3. The largest absolute Gasteiger partial charge is 0.488 e. The zero-order chi connectivity index (χ0) is 35.5. The Hall–Kier alpha value is -6.85. The molecule has 0 radical (unpaired) electrons. The van der Waals surface area contributed by atoms with Crippen molar-refractivity contribution in [2.24, 2.45) is 0 Å². The molecule has 0 amide bonds. The number of fused-ring (bicyclic) bond motifs is 6. The second-order valence-electron chi connectivity index (χ2n) is 12.5. The van der Waals surface area contributed by atoms with E-state index in [1.807, 2.05) is 121 Å². The first kappa shape index (κ1) is 27.0. The van der Waals surface area contributed by atoms with Crippen molar-refractivity contribution in [3.8, 4) is 73.3 Å². The van der Waals surface area contributed by atoms with Crippen molar-refractivity contribution in [3.05, 3.63) is 169 Å². The molecule has 10 rings (SSSR count). The van der Waals surface area contributed by atoms with Crippen molar-refractivity contribution in [2.75, 3.05) is 0 Å². The van der Waals surface area contributed by atoms with E-state index in [0.717, 1.165) is 72.0 Å². The van der Waals surface area contributed by atoms with Gasteiger partial charge in [-0.1, -0.05) is 146 Å². The number of rotatable bonds is 5. The van der Waals surface area contributed by atoms with E-state index < -0.39 is 6.56 Å². The number of hydrogen-bond donors (Lipinski definition) is 0. The van der Waals surface area contributed by atoms with E-state index in [0.29, 0.717) is 28.8 Å². The lowest BCUT2D eigenvalue weighted by atomic mass is 9.89. The summed E-state index contributed by atoms with van der Waals surface area (Å²) in [6.45, 7) is -1.96. The number of hydrogen-bond acceptors (Lipinski definition) is 5. The predicted molar refractivity (Wildman–Crippen MR) is 204 cm³/mol. The Kier molecular flexibility index (Phi) is 6.32. The van der Waals surface area contributed by atoms with Crippen LogP contribution < -0.4 is 4.74 Å². The third-order valence-electron chi connectivity index (χ3n) is 9.48. The average Bonchev–Trinajstić information content (AvgIpc) is 3.60. The van der Waals surface area contributed by atoms with Crippen LogP contribution in [-0.2, 0) is 6.56 Å². The molecular formula is C46H29N3O2. The van der Waals surface area contributed by atoms with Crippen LogP contribution in [0.1, 0.15) is 8.30 Å². The maximum Gasteiger partial charge on any atom is 0.167 e. The third kappa shape index (κ3) is 4.98.